The fourth-order valence-electron chi connectivity index (χ4n) is 3.50. The molecule has 1 aromatic heterocycles. The van der Waals surface area contributed by atoms with Crippen LogP contribution in [0.1, 0.15) is 41.4 Å². The minimum atomic E-state index is -0.215. The van der Waals surface area contributed by atoms with Gasteiger partial charge in [0.1, 0.15) is 5.75 Å². The molecule has 158 valence electrons. The van der Waals surface area contributed by atoms with Gasteiger partial charge in [-0.2, -0.15) is 0 Å². The number of carbonyl (C=O) groups excluding carboxylic acids is 2. The van der Waals surface area contributed by atoms with E-state index >= 15 is 0 Å². The van der Waals surface area contributed by atoms with Crippen molar-refractivity contribution in [2.45, 2.75) is 33.1 Å². The second-order valence-corrected chi connectivity index (χ2v) is 7.88. The van der Waals surface area contributed by atoms with Crippen LogP contribution in [0, 0.1) is 6.92 Å². The van der Waals surface area contributed by atoms with Gasteiger partial charge in [-0.25, -0.2) is 0 Å². The first kappa shape index (κ1) is 22.2. The van der Waals surface area contributed by atoms with Crippen molar-refractivity contribution < 1.29 is 14.3 Å². The summed E-state index contributed by atoms with van der Waals surface area (Å²) in [5.41, 5.74) is 2.51. The van der Waals surface area contributed by atoms with Gasteiger partial charge in [-0.15, -0.1) is 0 Å². The summed E-state index contributed by atoms with van der Waals surface area (Å²) in [6, 6.07) is 10.2. The van der Waals surface area contributed by atoms with Crippen molar-refractivity contribution in [1.29, 1.82) is 0 Å². The van der Waals surface area contributed by atoms with Gasteiger partial charge in [0.25, 0.3) is 5.91 Å². The van der Waals surface area contributed by atoms with Gasteiger partial charge in [0.05, 0.1) is 24.1 Å². The van der Waals surface area contributed by atoms with E-state index in [4.69, 9.17) is 27.9 Å². The molecule has 30 heavy (non-hydrogen) atoms. The zero-order chi connectivity index (χ0) is 21.8. The Bertz CT molecular complexity index is 1090. The number of nitrogens with one attached hydrogen (secondary N) is 1. The standard InChI is InChI=1S/C23H24Cl2N2O3/c1-4-5-12-26-20(28)13-17-14(2)27(23(29)15-6-8-16(24)9-7-15)18-10-11-19(30-3)22(25)21(17)18/h6-11H,4-5,12-13H2,1-3H3,(H,26,28). The van der Waals surface area contributed by atoms with Gasteiger partial charge in [0.15, 0.2) is 0 Å². The van der Waals surface area contributed by atoms with Crippen LogP contribution in [-0.2, 0) is 11.2 Å². The summed E-state index contributed by atoms with van der Waals surface area (Å²) < 4.78 is 6.95. The average Bonchev–Trinajstić information content (AvgIpc) is 3.00. The highest BCUT2D eigenvalue weighted by molar-refractivity contribution is 6.37. The Labute approximate surface area is 185 Å². The molecular formula is C23H24Cl2N2O3. The Balaban J connectivity index is 2.13. The molecule has 2 aromatic carbocycles. The summed E-state index contributed by atoms with van der Waals surface area (Å²) >= 11 is 12.6. The van der Waals surface area contributed by atoms with E-state index in [1.165, 1.54) is 7.11 Å². The zero-order valence-electron chi connectivity index (χ0n) is 17.2. The molecule has 0 radical (unpaired) electrons. The molecule has 3 rings (SSSR count). The molecule has 5 nitrogen and oxygen atoms in total. The monoisotopic (exact) mass is 446 g/mol. The number of halogens is 2. The number of unbranched alkanes of at least 4 members (excludes halogenated alkanes) is 1. The number of nitrogens with zero attached hydrogens (tertiary/aromatic N) is 1. The average molecular weight is 447 g/mol. The lowest BCUT2D eigenvalue weighted by Crippen LogP contribution is -2.26. The number of methoxy groups -OCH3 is 1. The SMILES string of the molecule is CCCCNC(=O)Cc1c(C)n(C(=O)c2ccc(Cl)cc2)c2ccc(OC)c(Cl)c12. The number of aromatic nitrogens is 1. The van der Waals surface area contributed by atoms with Crippen LogP contribution in [-0.4, -0.2) is 30.0 Å². The maximum atomic E-state index is 13.3. The van der Waals surface area contributed by atoms with Gasteiger partial charge < -0.3 is 10.1 Å². The zero-order valence-corrected chi connectivity index (χ0v) is 18.7. The van der Waals surface area contributed by atoms with Crippen LogP contribution in [0.2, 0.25) is 10.0 Å². The van der Waals surface area contributed by atoms with Crippen molar-refractivity contribution in [1.82, 2.24) is 9.88 Å². The van der Waals surface area contributed by atoms with E-state index in [0.717, 1.165) is 12.8 Å². The third-order valence-corrected chi connectivity index (χ3v) is 5.73. The molecule has 0 spiro atoms. The molecule has 7 heteroatoms. The Morgan fingerprint density at radius 1 is 1.10 bits per heavy atom. The van der Waals surface area contributed by atoms with Crippen molar-refractivity contribution in [3.63, 3.8) is 0 Å². The lowest BCUT2D eigenvalue weighted by Gasteiger charge is -2.08. The third-order valence-electron chi connectivity index (χ3n) is 5.10. The van der Waals surface area contributed by atoms with Crippen molar-refractivity contribution in [3.8, 4) is 5.75 Å². The molecule has 0 bridgehead atoms. The lowest BCUT2D eigenvalue weighted by molar-refractivity contribution is -0.120. The molecule has 0 atom stereocenters. The molecule has 0 saturated carbocycles. The number of ether oxygens (including phenoxy) is 1. The highest BCUT2D eigenvalue weighted by Crippen LogP contribution is 2.38. The smallest absolute Gasteiger partial charge is 0.262 e. The fraction of sp³-hybridized carbons (Fsp3) is 0.304. The molecule has 1 N–H and O–H groups in total. The van der Waals surface area contributed by atoms with Crippen LogP contribution in [0.5, 0.6) is 5.75 Å². The van der Waals surface area contributed by atoms with E-state index in [-0.39, 0.29) is 18.2 Å². The first-order valence-electron chi connectivity index (χ1n) is 9.82. The van der Waals surface area contributed by atoms with Crippen LogP contribution in [0.4, 0.5) is 0 Å². The van der Waals surface area contributed by atoms with Crippen LogP contribution in [0.25, 0.3) is 10.9 Å². The largest absolute Gasteiger partial charge is 0.495 e. The molecule has 1 amide bonds. The molecule has 0 fully saturated rings. The summed E-state index contributed by atoms with van der Waals surface area (Å²) in [7, 11) is 1.53. The summed E-state index contributed by atoms with van der Waals surface area (Å²) in [6.07, 6.45) is 2.03. The summed E-state index contributed by atoms with van der Waals surface area (Å²) in [6.45, 7) is 4.51. The van der Waals surface area contributed by atoms with Crippen LogP contribution >= 0.6 is 23.2 Å². The number of benzene rings is 2. The molecule has 1 heterocycles. The van der Waals surface area contributed by atoms with Gasteiger partial charge in [-0.3, -0.25) is 14.2 Å². The van der Waals surface area contributed by atoms with E-state index in [1.807, 2.05) is 6.92 Å². The minimum Gasteiger partial charge on any atom is -0.495 e. The van der Waals surface area contributed by atoms with E-state index in [0.29, 0.717) is 50.1 Å². The predicted octanol–water partition coefficient (Wildman–Crippen LogP) is 5.41. The minimum absolute atomic E-state index is 0.108. The first-order chi connectivity index (χ1) is 14.4. The Hall–Kier alpha value is -2.50. The molecule has 3 aromatic rings. The summed E-state index contributed by atoms with van der Waals surface area (Å²) in [5, 5.41) is 4.52. The normalized spacial score (nSPS) is 11.0. The quantitative estimate of drug-likeness (QED) is 0.493. The molecule has 0 unspecified atom stereocenters. The highest BCUT2D eigenvalue weighted by atomic mass is 35.5. The van der Waals surface area contributed by atoms with Gasteiger partial charge >= 0.3 is 0 Å². The molecule has 0 aliphatic carbocycles. The second kappa shape index (κ2) is 9.54. The third kappa shape index (κ3) is 4.32. The maximum absolute atomic E-state index is 13.3. The lowest BCUT2D eigenvalue weighted by atomic mass is 10.1. The predicted molar refractivity (Wildman–Crippen MR) is 121 cm³/mol. The highest BCUT2D eigenvalue weighted by Gasteiger charge is 2.24. The first-order valence-corrected chi connectivity index (χ1v) is 10.6. The Morgan fingerprint density at radius 3 is 2.43 bits per heavy atom. The molecule has 0 aliphatic rings. The molecule has 0 saturated heterocycles. The number of fused-ring (bicyclic) bond motifs is 1. The van der Waals surface area contributed by atoms with Crippen molar-refractivity contribution in [2.75, 3.05) is 13.7 Å². The van der Waals surface area contributed by atoms with Crippen molar-refractivity contribution >= 4 is 45.9 Å². The summed E-state index contributed by atoms with van der Waals surface area (Å²) in [4.78, 5) is 25.9. The van der Waals surface area contributed by atoms with Gasteiger partial charge in [0, 0.05) is 28.2 Å². The summed E-state index contributed by atoms with van der Waals surface area (Å²) in [5.74, 6) is 0.171. The fourth-order valence-corrected chi connectivity index (χ4v) is 3.98. The van der Waals surface area contributed by atoms with Crippen molar-refractivity contribution in [3.05, 3.63) is 63.3 Å². The van der Waals surface area contributed by atoms with Crippen LogP contribution in [0.15, 0.2) is 36.4 Å². The topological polar surface area (TPSA) is 60.3 Å². The van der Waals surface area contributed by atoms with Crippen LogP contribution in [0.3, 0.4) is 0 Å². The van der Waals surface area contributed by atoms with Crippen molar-refractivity contribution in [2.24, 2.45) is 0 Å². The number of rotatable bonds is 7. The van der Waals surface area contributed by atoms with E-state index in [9.17, 15) is 9.59 Å². The van der Waals surface area contributed by atoms with Gasteiger partial charge in [0.2, 0.25) is 5.91 Å². The van der Waals surface area contributed by atoms with Gasteiger partial charge in [-0.05, 0) is 55.3 Å². The number of amides is 1. The Kier molecular flexibility index (Phi) is 7.06. The van der Waals surface area contributed by atoms with E-state index < -0.39 is 0 Å². The second-order valence-electron chi connectivity index (χ2n) is 7.07. The van der Waals surface area contributed by atoms with Crippen LogP contribution < -0.4 is 10.1 Å². The number of hydrogen-bond donors (Lipinski definition) is 1. The van der Waals surface area contributed by atoms with E-state index in [2.05, 4.69) is 12.2 Å². The molecular weight excluding hydrogens is 423 g/mol. The Morgan fingerprint density at radius 2 is 1.80 bits per heavy atom. The van der Waals surface area contributed by atoms with Gasteiger partial charge in [-0.1, -0.05) is 36.5 Å². The maximum Gasteiger partial charge on any atom is 0.262 e. The number of carbonyl (C=O) groups is 2. The molecule has 0 aliphatic heterocycles. The number of hydrogen-bond acceptors (Lipinski definition) is 3. The van der Waals surface area contributed by atoms with E-state index in [1.54, 1.807) is 41.0 Å².